The van der Waals surface area contributed by atoms with Crippen molar-refractivity contribution < 1.29 is 0 Å². The molecule has 0 heterocycles. The van der Waals surface area contributed by atoms with Gasteiger partial charge < -0.3 is 0 Å². The van der Waals surface area contributed by atoms with Gasteiger partial charge >= 0.3 is 0 Å². The van der Waals surface area contributed by atoms with Gasteiger partial charge in [-0.05, 0) is 24.7 Å². The number of rotatable bonds is 5. The molecular formula is C13H15ClN2. The van der Waals surface area contributed by atoms with E-state index in [1.165, 1.54) is 0 Å². The second kappa shape index (κ2) is 7.05. The lowest BCUT2D eigenvalue weighted by molar-refractivity contribution is 0.363. The Morgan fingerprint density at radius 3 is 2.94 bits per heavy atom. The molecule has 0 aromatic heterocycles. The van der Waals surface area contributed by atoms with Gasteiger partial charge in [0.05, 0.1) is 11.6 Å². The summed E-state index contributed by atoms with van der Waals surface area (Å²) in [6.45, 7) is 1.70. The number of allylic oxidation sites excluding steroid dienone is 1. The molecular weight excluding hydrogens is 220 g/mol. The molecule has 1 aromatic rings. The zero-order valence-corrected chi connectivity index (χ0v) is 10.1. The minimum atomic E-state index is 0.553. The average Bonchev–Trinajstić information content (AvgIpc) is 2.29. The SMILES string of the molecule is CN(CC=CCCl)Cc1cccc(C#N)c1. The molecule has 0 saturated heterocycles. The first-order valence-corrected chi connectivity index (χ1v) is 5.68. The minimum Gasteiger partial charge on any atom is -0.298 e. The highest BCUT2D eigenvalue weighted by molar-refractivity contribution is 6.18. The van der Waals surface area contributed by atoms with E-state index in [-0.39, 0.29) is 0 Å². The lowest BCUT2D eigenvalue weighted by Gasteiger charge is -2.14. The summed E-state index contributed by atoms with van der Waals surface area (Å²) in [6.07, 6.45) is 3.98. The van der Waals surface area contributed by atoms with Crippen molar-refractivity contribution in [1.29, 1.82) is 5.26 Å². The normalized spacial score (nSPS) is 10.9. The Labute approximate surface area is 102 Å². The van der Waals surface area contributed by atoms with Gasteiger partial charge in [-0.1, -0.05) is 24.3 Å². The summed E-state index contributed by atoms with van der Waals surface area (Å²) in [7, 11) is 2.04. The first kappa shape index (κ1) is 12.8. The van der Waals surface area contributed by atoms with E-state index in [9.17, 15) is 0 Å². The second-order valence-electron chi connectivity index (χ2n) is 3.63. The fourth-order valence-electron chi connectivity index (χ4n) is 1.43. The van der Waals surface area contributed by atoms with Gasteiger partial charge in [0.25, 0.3) is 0 Å². The van der Waals surface area contributed by atoms with Crippen molar-refractivity contribution in [3.8, 4) is 6.07 Å². The molecule has 0 aliphatic carbocycles. The van der Waals surface area contributed by atoms with E-state index >= 15 is 0 Å². The number of nitrogens with zero attached hydrogens (tertiary/aromatic N) is 2. The van der Waals surface area contributed by atoms with E-state index in [1.54, 1.807) is 0 Å². The Kier molecular flexibility index (Phi) is 5.63. The average molecular weight is 235 g/mol. The number of halogens is 1. The Morgan fingerprint density at radius 2 is 2.25 bits per heavy atom. The number of hydrogen-bond acceptors (Lipinski definition) is 2. The molecule has 3 heteroatoms. The van der Waals surface area contributed by atoms with Crippen LogP contribution in [0.25, 0.3) is 0 Å². The largest absolute Gasteiger partial charge is 0.298 e. The summed E-state index contributed by atoms with van der Waals surface area (Å²) in [5, 5.41) is 8.78. The van der Waals surface area contributed by atoms with E-state index in [0.29, 0.717) is 11.4 Å². The highest BCUT2D eigenvalue weighted by Gasteiger charge is 1.99. The van der Waals surface area contributed by atoms with Crippen LogP contribution in [0.2, 0.25) is 0 Å². The molecule has 1 rings (SSSR count). The number of hydrogen-bond donors (Lipinski definition) is 0. The van der Waals surface area contributed by atoms with E-state index in [2.05, 4.69) is 11.0 Å². The van der Waals surface area contributed by atoms with E-state index in [0.717, 1.165) is 18.7 Å². The van der Waals surface area contributed by atoms with Crippen LogP contribution >= 0.6 is 11.6 Å². The second-order valence-corrected chi connectivity index (χ2v) is 3.94. The fraction of sp³-hybridized carbons (Fsp3) is 0.308. The monoisotopic (exact) mass is 234 g/mol. The van der Waals surface area contributed by atoms with Crippen LogP contribution in [0.3, 0.4) is 0 Å². The molecule has 0 N–H and O–H groups in total. The Balaban J connectivity index is 2.52. The van der Waals surface area contributed by atoms with Crippen LogP contribution in [0, 0.1) is 11.3 Å². The lowest BCUT2D eigenvalue weighted by Crippen LogP contribution is -2.17. The Bertz CT molecular complexity index is 393. The van der Waals surface area contributed by atoms with Gasteiger partial charge in [-0.25, -0.2) is 0 Å². The van der Waals surface area contributed by atoms with Gasteiger partial charge in [0.15, 0.2) is 0 Å². The molecule has 84 valence electrons. The number of benzene rings is 1. The minimum absolute atomic E-state index is 0.553. The van der Waals surface area contributed by atoms with Gasteiger partial charge in [0, 0.05) is 19.0 Å². The smallest absolute Gasteiger partial charge is 0.0991 e. The number of likely N-dealkylation sites (N-methyl/N-ethyl adjacent to an activating group) is 1. The lowest BCUT2D eigenvalue weighted by atomic mass is 10.1. The molecule has 2 nitrogen and oxygen atoms in total. The van der Waals surface area contributed by atoms with Gasteiger partial charge in [-0.2, -0.15) is 5.26 Å². The number of alkyl halides is 1. The topological polar surface area (TPSA) is 27.0 Å². The van der Waals surface area contributed by atoms with E-state index < -0.39 is 0 Å². The standard InChI is InChI=1S/C13H15ClN2/c1-16(8-3-2-7-14)11-13-6-4-5-12(9-13)10-15/h2-6,9H,7-8,11H2,1H3. The zero-order valence-electron chi connectivity index (χ0n) is 9.36. The fourth-order valence-corrected chi connectivity index (χ4v) is 1.56. The summed E-state index contributed by atoms with van der Waals surface area (Å²) >= 11 is 5.54. The predicted octanol–water partition coefficient (Wildman–Crippen LogP) is 2.79. The Hall–Kier alpha value is -1.30. The molecule has 0 bridgehead atoms. The third kappa shape index (κ3) is 4.48. The van der Waals surface area contributed by atoms with Gasteiger partial charge in [-0.3, -0.25) is 4.90 Å². The van der Waals surface area contributed by atoms with E-state index in [1.807, 2.05) is 43.5 Å². The molecule has 0 aliphatic rings. The molecule has 0 atom stereocenters. The van der Waals surface area contributed by atoms with Crippen LogP contribution in [-0.2, 0) is 6.54 Å². The molecule has 0 aliphatic heterocycles. The summed E-state index contributed by atoms with van der Waals surface area (Å²) in [6, 6.07) is 9.82. The molecule has 0 radical (unpaired) electrons. The van der Waals surface area contributed by atoms with Crippen molar-refractivity contribution in [3.05, 3.63) is 47.5 Å². The zero-order chi connectivity index (χ0) is 11.8. The Morgan fingerprint density at radius 1 is 1.44 bits per heavy atom. The molecule has 0 saturated carbocycles. The number of nitriles is 1. The molecule has 1 aromatic carbocycles. The molecule has 0 amide bonds. The third-order valence-corrected chi connectivity index (χ3v) is 2.36. The van der Waals surface area contributed by atoms with Crippen LogP contribution < -0.4 is 0 Å². The first-order valence-electron chi connectivity index (χ1n) is 5.15. The highest BCUT2D eigenvalue weighted by Crippen LogP contribution is 2.06. The van der Waals surface area contributed by atoms with Crippen LogP contribution in [0.4, 0.5) is 0 Å². The summed E-state index contributed by atoms with van der Waals surface area (Å²) in [4.78, 5) is 2.17. The molecule has 16 heavy (non-hydrogen) atoms. The summed E-state index contributed by atoms with van der Waals surface area (Å²) < 4.78 is 0. The van der Waals surface area contributed by atoms with Gasteiger partial charge in [0.2, 0.25) is 0 Å². The van der Waals surface area contributed by atoms with E-state index in [4.69, 9.17) is 16.9 Å². The van der Waals surface area contributed by atoms with Crippen molar-refractivity contribution >= 4 is 11.6 Å². The van der Waals surface area contributed by atoms with Crippen molar-refractivity contribution in [2.45, 2.75) is 6.54 Å². The van der Waals surface area contributed by atoms with Crippen LogP contribution in [0.15, 0.2) is 36.4 Å². The quantitative estimate of drug-likeness (QED) is 0.579. The maximum Gasteiger partial charge on any atom is 0.0991 e. The van der Waals surface area contributed by atoms with Gasteiger partial charge in [0.1, 0.15) is 0 Å². The van der Waals surface area contributed by atoms with Crippen molar-refractivity contribution in [2.75, 3.05) is 19.5 Å². The highest BCUT2D eigenvalue weighted by atomic mass is 35.5. The van der Waals surface area contributed by atoms with Gasteiger partial charge in [-0.15, -0.1) is 11.6 Å². The summed E-state index contributed by atoms with van der Waals surface area (Å²) in [5.41, 5.74) is 1.86. The van der Waals surface area contributed by atoms with Crippen molar-refractivity contribution in [3.63, 3.8) is 0 Å². The third-order valence-electron chi connectivity index (χ3n) is 2.18. The van der Waals surface area contributed by atoms with Crippen molar-refractivity contribution in [2.24, 2.45) is 0 Å². The molecule has 0 unspecified atom stereocenters. The van der Waals surface area contributed by atoms with Crippen LogP contribution in [0.5, 0.6) is 0 Å². The first-order chi connectivity index (χ1) is 7.76. The predicted molar refractivity (Wildman–Crippen MR) is 67.4 cm³/mol. The maximum absolute atomic E-state index is 8.78. The molecule has 0 fully saturated rings. The van der Waals surface area contributed by atoms with Crippen LogP contribution in [-0.4, -0.2) is 24.4 Å². The molecule has 0 spiro atoms. The van der Waals surface area contributed by atoms with Crippen LogP contribution in [0.1, 0.15) is 11.1 Å². The summed E-state index contributed by atoms with van der Waals surface area (Å²) in [5.74, 6) is 0.553. The van der Waals surface area contributed by atoms with Crippen molar-refractivity contribution in [1.82, 2.24) is 4.90 Å². The maximum atomic E-state index is 8.78.